The van der Waals surface area contributed by atoms with E-state index in [0.29, 0.717) is 19.4 Å². The Morgan fingerprint density at radius 1 is 1.11 bits per heavy atom. The van der Waals surface area contributed by atoms with Gasteiger partial charge < -0.3 is 19.9 Å². The van der Waals surface area contributed by atoms with Crippen LogP contribution in [-0.4, -0.2) is 43.5 Å². The van der Waals surface area contributed by atoms with Gasteiger partial charge in [-0.15, -0.1) is 0 Å². The summed E-state index contributed by atoms with van der Waals surface area (Å²) in [5.74, 6) is -0.976. The molecule has 1 atom stereocenters. The van der Waals surface area contributed by atoms with E-state index in [4.69, 9.17) is 9.47 Å². The molecule has 0 radical (unpaired) electrons. The average Bonchev–Trinajstić information content (AvgIpc) is 3.05. The van der Waals surface area contributed by atoms with Gasteiger partial charge in [-0.25, -0.2) is 4.79 Å². The predicted molar refractivity (Wildman–Crippen MR) is 103 cm³/mol. The van der Waals surface area contributed by atoms with Gasteiger partial charge >= 0.3 is 12.1 Å². The lowest BCUT2D eigenvalue weighted by atomic mass is 9.82. The van der Waals surface area contributed by atoms with Crippen molar-refractivity contribution in [2.75, 3.05) is 26.4 Å². The standard InChI is InChI=1S/C22H23NO5/c24-20(25)22(10-5-11-27-14-22)13-23-21(26)28-12-19-17-8-3-1-6-15(17)16-7-2-4-9-18(16)19/h1-4,6-9,19H,5,10-14H2,(H,23,26)(H,24,25). The molecule has 2 aromatic rings. The predicted octanol–water partition coefficient (Wildman–Crippen LogP) is 3.41. The molecule has 4 rings (SSSR count). The Labute approximate surface area is 163 Å². The highest BCUT2D eigenvalue weighted by molar-refractivity contribution is 5.79. The van der Waals surface area contributed by atoms with Gasteiger partial charge in [-0.2, -0.15) is 0 Å². The van der Waals surface area contributed by atoms with Crippen LogP contribution >= 0.6 is 0 Å². The van der Waals surface area contributed by atoms with E-state index >= 15 is 0 Å². The summed E-state index contributed by atoms with van der Waals surface area (Å²) in [6.45, 7) is 0.863. The zero-order chi connectivity index (χ0) is 19.6. The van der Waals surface area contributed by atoms with Crippen LogP contribution in [0.5, 0.6) is 0 Å². The van der Waals surface area contributed by atoms with Gasteiger partial charge in [-0.3, -0.25) is 4.79 Å². The number of carbonyl (C=O) groups excluding carboxylic acids is 1. The highest BCUT2D eigenvalue weighted by atomic mass is 16.5. The molecule has 2 N–H and O–H groups in total. The summed E-state index contributed by atoms with van der Waals surface area (Å²) in [5, 5.41) is 12.2. The lowest BCUT2D eigenvalue weighted by molar-refractivity contribution is -0.156. The molecule has 1 heterocycles. The summed E-state index contributed by atoms with van der Waals surface area (Å²) in [4.78, 5) is 23.9. The van der Waals surface area contributed by atoms with Crippen LogP contribution in [0.4, 0.5) is 4.79 Å². The minimum atomic E-state index is -1.08. The third-order valence-electron chi connectivity index (χ3n) is 5.69. The van der Waals surface area contributed by atoms with Gasteiger partial charge in [0.15, 0.2) is 0 Å². The first-order valence-electron chi connectivity index (χ1n) is 9.51. The van der Waals surface area contributed by atoms with Crippen LogP contribution in [0.2, 0.25) is 0 Å². The maximum absolute atomic E-state index is 12.3. The van der Waals surface area contributed by atoms with Crippen molar-refractivity contribution in [3.63, 3.8) is 0 Å². The van der Waals surface area contributed by atoms with Crippen LogP contribution in [0.3, 0.4) is 0 Å². The fourth-order valence-electron chi connectivity index (χ4n) is 4.13. The number of carbonyl (C=O) groups is 2. The fraction of sp³-hybridized carbons (Fsp3) is 0.364. The third-order valence-corrected chi connectivity index (χ3v) is 5.69. The SMILES string of the molecule is O=C(NCC1(C(=O)O)CCCOC1)OCC1c2ccccc2-c2ccccc21. The molecular weight excluding hydrogens is 358 g/mol. The highest BCUT2D eigenvalue weighted by Gasteiger charge is 2.41. The number of carboxylic acid groups (broad SMARTS) is 1. The van der Waals surface area contributed by atoms with E-state index in [2.05, 4.69) is 29.6 Å². The number of benzene rings is 2. The number of nitrogens with one attached hydrogen (secondary N) is 1. The molecule has 0 aromatic heterocycles. The van der Waals surface area contributed by atoms with Crippen molar-refractivity contribution in [2.24, 2.45) is 5.41 Å². The number of hydrogen-bond donors (Lipinski definition) is 2. The van der Waals surface area contributed by atoms with E-state index in [-0.39, 0.29) is 25.7 Å². The summed E-state index contributed by atoms with van der Waals surface area (Å²) in [6, 6.07) is 16.2. The Morgan fingerprint density at radius 2 is 1.75 bits per heavy atom. The quantitative estimate of drug-likeness (QED) is 0.829. The molecule has 28 heavy (non-hydrogen) atoms. The van der Waals surface area contributed by atoms with Gasteiger partial charge in [0.2, 0.25) is 0 Å². The third kappa shape index (κ3) is 3.36. The number of fused-ring (bicyclic) bond motifs is 3. The maximum atomic E-state index is 12.3. The lowest BCUT2D eigenvalue weighted by Crippen LogP contribution is -2.48. The Balaban J connectivity index is 1.41. The van der Waals surface area contributed by atoms with Gasteiger partial charge in [0.25, 0.3) is 0 Å². The van der Waals surface area contributed by atoms with Crippen LogP contribution in [0.1, 0.15) is 29.9 Å². The largest absolute Gasteiger partial charge is 0.481 e. The summed E-state index contributed by atoms with van der Waals surface area (Å²) in [5.41, 5.74) is 3.52. The summed E-state index contributed by atoms with van der Waals surface area (Å²) < 4.78 is 10.8. The molecule has 1 unspecified atom stereocenters. The van der Waals surface area contributed by atoms with Crippen molar-refractivity contribution in [3.05, 3.63) is 59.7 Å². The number of hydrogen-bond acceptors (Lipinski definition) is 4. The number of ether oxygens (including phenoxy) is 2. The van der Waals surface area contributed by atoms with Gasteiger partial charge in [-0.05, 0) is 35.1 Å². The van der Waals surface area contributed by atoms with E-state index in [9.17, 15) is 14.7 Å². The van der Waals surface area contributed by atoms with E-state index in [0.717, 1.165) is 22.3 Å². The number of carboxylic acids is 1. The van der Waals surface area contributed by atoms with Gasteiger partial charge in [0.05, 0.1) is 6.61 Å². The molecule has 2 aliphatic rings. The second-order valence-electron chi connectivity index (χ2n) is 7.42. The topological polar surface area (TPSA) is 84.9 Å². The molecule has 1 fully saturated rings. The van der Waals surface area contributed by atoms with Crippen molar-refractivity contribution in [2.45, 2.75) is 18.8 Å². The Kier molecular flexibility index (Phi) is 5.05. The first-order chi connectivity index (χ1) is 13.6. The molecule has 0 bridgehead atoms. The number of amides is 1. The molecule has 6 heteroatoms. The van der Waals surface area contributed by atoms with Gasteiger partial charge in [0.1, 0.15) is 12.0 Å². The minimum Gasteiger partial charge on any atom is -0.481 e. The lowest BCUT2D eigenvalue weighted by Gasteiger charge is -2.32. The average molecular weight is 381 g/mol. The normalized spacial score (nSPS) is 20.9. The van der Waals surface area contributed by atoms with Crippen LogP contribution in [-0.2, 0) is 14.3 Å². The molecule has 1 aliphatic heterocycles. The highest BCUT2D eigenvalue weighted by Crippen LogP contribution is 2.44. The number of rotatable bonds is 5. The second kappa shape index (κ2) is 7.64. The molecular formula is C22H23NO5. The van der Waals surface area contributed by atoms with Crippen LogP contribution in [0, 0.1) is 5.41 Å². The zero-order valence-electron chi connectivity index (χ0n) is 15.5. The molecule has 0 saturated carbocycles. The molecule has 2 aromatic carbocycles. The molecule has 1 amide bonds. The summed E-state index contributed by atoms with van der Waals surface area (Å²) in [7, 11) is 0. The Morgan fingerprint density at radius 3 is 2.32 bits per heavy atom. The summed E-state index contributed by atoms with van der Waals surface area (Å²) >= 11 is 0. The van der Waals surface area contributed by atoms with Crippen molar-refractivity contribution in [3.8, 4) is 11.1 Å². The number of alkyl carbamates (subject to hydrolysis) is 1. The molecule has 146 valence electrons. The van der Waals surface area contributed by atoms with Crippen LogP contribution in [0.15, 0.2) is 48.5 Å². The Bertz CT molecular complexity index is 843. The molecule has 6 nitrogen and oxygen atoms in total. The van der Waals surface area contributed by atoms with Crippen molar-refractivity contribution < 1.29 is 24.2 Å². The first kappa shape index (κ1) is 18.5. The Hall–Kier alpha value is -2.86. The van der Waals surface area contributed by atoms with Crippen molar-refractivity contribution >= 4 is 12.1 Å². The smallest absolute Gasteiger partial charge is 0.407 e. The van der Waals surface area contributed by atoms with E-state index < -0.39 is 17.5 Å². The molecule has 0 spiro atoms. The summed E-state index contributed by atoms with van der Waals surface area (Å²) in [6.07, 6.45) is 0.540. The van der Waals surface area contributed by atoms with E-state index in [1.54, 1.807) is 0 Å². The van der Waals surface area contributed by atoms with Crippen LogP contribution in [0.25, 0.3) is 11.1 Å². The van der Waals surface area contributed by atoms with Crippen molar-refractivity contribution in [1.29, 1.82) is 0 Å². The second-order valence-corrected chi connectivity index (χ2v) is 7.42. The monoisotopic (exact) mass is 381 g/mol. The van der Waals surface area contributed by atoms with Gasteiger partial charge in [-0.1, -0.05) is 48.5 Å². The minimum absolute atomic E-state index is 0.000985. The fourth-order valence-corrected chi connectivity index (χ4v) is 4.13. The molecule has 1 saturated heterocycles. The first-order valence-corrected chi connectivity index (χ1v) is 9.51. The maximum Gasteiger partial charge on any atom is 0.407 e. The molecule has 1 aliphatic carbocycles. The van der Waals surface area contributed by atoms with Crippen LogP contribution < -0.4 is 5.32 Å². The van der Waals surface area contributed by atoms with E-state index in [1.165, 1.54) is 0 Å². The number of aliphatic carboxylic acids is 1. The van der Waals surface area contributed by atoms with Gasteiger partial charge in [0, 0.05) is 19.1 Å². The van der Waals surface area contributed by atoms with E-state index in [1.807, 2.05) is 24.3 Å². The van der Waals surface area contributed by atoms with Crippen molar-refractivity contribution in [1.82, 2.24) is 5.32 Å². The zero-order valence-corrected chi connectivity index (χ0v) is 15.5.